The number of rotatable bonds is 9. The third kappa shape index (κ3) is 8.12. The van der Waals surface area contributed by atoms with Crippen LogP contribution in [0.4, 0.5) is 13.2 Å². The molecule has 1 saturated heterocycles. The number of halogens is 3. The average molecular weight is 650 g/mol. The number of Topliss-reactive ketones (excluding diaryl/α,β-unsaturated/α-hetero) is 1. The fraction of sp³-hybridized carbons (Fsp3) is 0.444. The van der Waals surface area contributed by atoms with E-state index in [1.54, 1.807) is 0 Å². The van der Waals surface area contributed by atoms with E-state index in [1.807, 2.05) is 59.2 Å². The van der Waals surface area contributed by atoms with E-state index in [0.717, 1.165) is 41.3 Å². The Hall–Kier alpha value is -4.41. The molecule has 3 aromatic rings. The van der Waals surface area contributed by atoms with Crippen molar-refractivity contribution in [3.63, 3.8) is 0 Å². The van der Waals surface area contributed by atoms with Crippen molar-refractivity contribution in [3.05, 3.63) is 83.4 Å². The third-order valence-electron chi connectivity index (χ3n) is 9.52. The summed E-state index contributed by atoms with van der Waals surface area (Å²) in [5.74, 6) is -1.71. The van der Waals surface area contributed by atoms with Crippen LogP contribution in [0.1, 0.15) is 66.9 Å². The Morgan fingerprint density at radius 2 is 1.55 bits per heavy atom. The number of guanidine groups is 1. The SMILES string of the molecule is C[C@@H]1CN(C(=O)[C@H]2CCCC[C@@H]2C(=O)c2ccc(C(F)(F)F)cc2)[C@@H](CCCN=C(N)N)CN1C(=O)Cc1ccc2ccccc2c1. The standard InChI is InChI=1S/C36H42F3N5O3/c1-23-21-44(34(47)31-11-5-4-10-30(31)33(46)26-14-16-28(17-15-26)36(37,38)39)29(9-6-18-42-35(40)41)22-43(23)32(45)20-24-12-13-25-7-2-3-8-27(25)19-24/h2-3,7-8,12-17,19,23,29-31H,4-6,9-11,18,20-22H2,1H3,(H4,40,41,42)/t23-,29+,30+,31+/m1/s1. The van der Waals surface area contributed by atoms with Gasteiger partial charge in [0.25, 0.3) is 0 Å². The molecule has 1 aliphatic carbocycles. The minimum atomic E-state index is -4.50. The van der Waals surface area contributed by atoms with E-state index in [1.165, 1.54) is 12.1 Å². The van der Waals surface area contributed by atoms with Gasteiger partial charge in [0.05, 0.1) is 12.0 Å². The van der Waals surface area contributed by atoms with E-state index in [9.17, 15) is 27.6 Å². The molecule has 2 amide bonds. The number of alkyl halides is 3. The lowest BCUT2D eigenvalue weighted by Crippen LogP contribution is -2.62. The van der Waals surface area contributed by atoms with E-state index < -0.39 is 23.6 Å². The smallest absolute Gasteiger partial charge is 0.370 e. The maximum Gasteiger partial charge on any atom is 0.416 e. The molecular formula is C36H42F3N5O3. The molecule has 0 unspecified atom stereocenters. The third-order valence-corrected chi connectivity index (χ3v) is 9.52. The molecule has 0 spiro atoms. The molecule has 4 atom stereocenters. The largest absolute Gasteiger partial charge is 0.416 e. The van der Waals surface area contributed by atoms with Gasteiger partial charge in [0.1, 0.15) is 0 Å². The van der Waals surface area contributed by atoms with E-state index in [0.29, 0.717) is 45.3 Å². The number of benzene rings is 3. The van der Waals surface area contributed by atoms with Gasteiger partial charge in [-0.05, 0) is 61.1 Å². The molecule has 1 saturated carbocycles. The summed E-state index contributed by atoms with van der Waals surface area (Å²) in [5.41, 5.74) is 11.3. The number of fused-ring (bicyclic) bond motifs is 1. The van der Waals surface area contributed by atoms with Crippen LogP contribution in [0.3, 0.4) is 0 Å². The Bertz CT molecular complexity index is 1620. The summed E-state index contributed by atoms with van der Waals surface area (Å²) in [5, 5.41) is 2.16. The van der Waals surface area contributed by atoms with Crippen molar-refractivity contribution >= 4 is 34.3 Å². The summed E-state index contributed by atoms with van der Waals surface area (Å²) in [6, 6.07) is 17.7. The molecule has 4 N–H and O–H groups in total. The van der Waals surface area contributed by atoms with Gasteiger partial charge in [0.2, 0.25) is 11.8 Å². The first kappa shape index (κ1) is 33.9. The van der Waals surface area contributed by atoms with Gasteiger partial charge in [-0.2, -0.15) is 13.2 Å². The Labute approximate surface area is 273 Å². The predicted molar refractivity (Wildman–Crippen MR) is 175 cm³/mol. The highest BCUT2D eigenvalue weighted by Gasteiger charge is 2.43. The molecule has 0 bridgehead atoms. The van der Waals surface area contributed by atoms with Crippen molar-refractivity contribution in [3.8, 4) is 0 Å². The first-order valence-electron chi connectivity index (χ1n) is 16.3. The monoisotopic (exact) mass is 649 g/mol. The molecule has 2 aliphatic rings. The summed E-state index contributed by atoms with van der Waals surface area (Å²) in [7, 11) is 0. The zero-order valence-corrected chi connectivity index (χ0v) is 26.6. The number of piperazine rings is 1. The lowest BCUT2D eigenvalue weighted by molar-refractivity contribution is -0.150. The van der Waals surface area contributed by atoms with Crippen LogP contribution in [-0.4, -0.2) is 65.1 Å². The van der Waals surface area contributed by atoms with Crippen LogP contribution in [0.2, 0.25) is 0 Å². The number of hydrogen-bond donors (Lipinski definition) is 2. The number of carbonyl (C=O) groups excluding carboxylic acids is 3. The zero-order chi connectivity index (χ0) is 33.7. The summed E-state index contributed by atoms with van der Waals surface area (Å²) in [6.45, 7) is 2.96. The van der Waals surface area contributed by atoms with Crippen LogP contribution < -0.4 is 11.5 Å². The minimum Gasteiger partial charge on any atom is -0.370 e. The maximum absolute atomic E-state index is 14.3. The van der Waals surface area contributed by atoms with Crippen molar-refractivity contribution in [2.75, 3.05) is 19.6 Å². The molecular weight excluding hydrogens is 607 g/mol. The Kier molecular flexibility index (Phi) is 10.5. The number of aliphatic imine (C=N–C) groups is 1. The summed E-state index contributed by atoms with van der Waals surface area (Å²) in [6.07, 6.45) is -0.576. The van der Waals surface area contributed by atoms with Crippen LogP contribution in [0.5, 0.6) is 0 Å². The van der Waals surface area contributed by atoms with Crippen LogP contribution in [0, 0.1) is 11.8 Å². The van der Waals surface area contributed by atoms with Crippen molar-refractivity contribution in [1.29, 1.82) is 0 Å². The topological polar surface area (TPSA) is 122 Å². The van der Waals surface area contributed by atoms with Gasteiger partial charge >= 0.3 is 6.18 Å². The first-order chi connectivity index (χ1) is 22.4. The Balaban J connectivity index is 1.34. The lowest BCUT2D eigenvalue weighted by atomic mass is 9.74. The van der Waals surface area contributed by atoms with Crippen molar-refractivity contribution in [2.24, 2.45) is 28.3 Å². The number of ketones is 1. The number of nitrogens with two attached hydrogens (primary N) is 2. The molecule has 250 valence electrons. The number of hydrogen-bond acceptors (Lipinski definition) is 4. The molecule has 5 rings (SSSR count). The average Bonchev–Trinajstić information content (AvgIpc) is 3.06. The van der Waals surface area contributed by atoms with E-state index in [2.05, 4.69) is 4.99 Å². The van der Waals surface area contributed by atoms with Crippen LogP contribution in [-0.2, 0) is 22.2 Å². The fourth-order valence-corrected chi connectivity index (χ4v) is 7.05. The highest BCUT2D eigenvalue weighted by atomic mass is 19.4. The second-order valence-corrected chi connectivity index (χ2v) is 12.8. The van der Waals surface area contributed by atoms with Gasteiger partial charge in [0, 0.05) is 49.1 Å². The molecule has 1 heterocycles. The fourth-order valence-electron chi connectivity index (χ4n) is 7.05. The molecule has 8 nitrogen and oxygen atoms in total. The molecule has 3 aromatic carbocycles. The van der Waals surface area contributed by atoms with E-state index in [4.69, 9.17) is 11.5 Å². The quantitative estimate of drug-likeness (QED) is 0.136. The lowest BCUT2D eigenvalue weighted by Gasteiger charge is -2.47. The molecule has 1 aliphatic heterocycles. The normalized spacial score (nSPS) is 21.8. The number of nitrogens with zero attached hydrogens (tertiary/aromatic N) is 3. The second-order valence-electron chi connectivity index (χ2n) is 12.8. The highest BCUT2D eigenvalue weighted by Crippen LogP contribution is 2.36. The van der Waals surface area contributed by atoms with Crippen LogP contribution in [0.25, 0.3) is 10.8 Å². The van der Waals surface area contributed by atoms with Gasteiger partial charge in [-0.15, -0.1) is 0 Å². The number of amides is 2. The summed E-state index contributed by atoms with van der Waals surface area (Å²) < 4.78 is 39.4. The van der Waals surface area contributed by atoms with Gasteiger partial charge in [-0.3, -0.25) is 19.4 Å². The minimum absolute atomic E-state index is 0.0192. The van der Waals surface area contributed by atoms with Crippen molar-refractivity contribution < 1.29 is 27.6 Å². The van der Waals surface area contributed by atoms with Gasteiger partial charge < -0.3 is 21.3 Å². The van der Waals surface area contributed by atoms with Crippen molar-refractivity contribution in [2.45, 2.75) is 70.1 Å². The van der Waals surface area contributed by atoms with Crippen LogP contribution in [0.15, 0.2) is 71.7 Å². The molecule has 0 radical (unpaired) electrons. The number of carbonyl (C=O) groups is 3. The Morgan fingerprint density at radius 1 is 0.872 bits per heavy atom. The summed E-state index contributed by atoms with van der Waals surface area (Å²) >= 11 is 0. The van der Waals surface area contributed by atoms with Crippen molar-refractivity contribution in [1.82, 2.24) is 9.80 Å². The first-order valence-corrected chi connectivity index (χ1v) is 16.3. The summed E-state index contributed by atoms with van der Waals surface area (Å²) in [4.78, 5) is 49.4. The molecule has 0 aromatic heterocycles. The van der Waals surface area contributed by atoms with E-state index in [-0.39, 0.29) is 47.6 Å². The second kappa shape index (κ2) is 14.6. The van der Waals surface area contributed by atoms with E-state index >= 15 is 0 Å². The molecule has 2 fully saturated rings. The maximum atomic E-state index is 14.3. The van der Waals surface area contributed by atoms with Gasteiger partial charge in [0.15, 0.2) is 11.7 Å². The highest BCUT2D eigenvalue weighted by molar-refractivity contribution is 6.00. The molecule has 11 heteroatoms. The zero-order valence-electron chi connectivity index (χ0n) is 26.6. The predicted octanol–water partition coefficient (Wildman–Crippen LogP) is 5.57. The van der Waals surface area contributed by atoms with Gasteiger partial charge in [-0.25, -0.2) is 0 Å². The Morgan fingerprint density at radius 3 is 2.23 bits per heavy atom. The van der Waals surface area contributed by atoms with Gasteiger partial charge in [-0.1, -0.05) is 67.4 Å². The van der Waals surface area contributed by atoms with Crippen LogP contribution >= 0.6 is 0 Å². The molecule has 47 heavy (non-hydrogen) atoms.